The molecular weight excluding hydrogens is 200 g/mol. The highest BCUT2D eigenvalue weighted by Crippen LogP contribution is 2.14. The molecular formula is C13H14N2O. The Morgan fingerprint density at radius 3 is 2.56 bits per heavy atom. The van der Waals surface area contributed by atoms with E-state index < -0.39 is 0 Å². The maximum Gasteiger partial charge on any atom is 0.119 e. The van der Waals surface area contributed by atoms with Crippen molar-refractivity contribution in [1.82, 2.24) is 0 Å². The van der Waals surface area contributed by atoms with E-state index in [0.29, 0.717) is 6.61 Å². The number of rotatable bonds is 4. The van der Waals surface area contributed by atoms with Crippen molar-refractivity contribution in [3.63, 3.8) is 0 Å². The number of benzene rings is 2. The highest BCUT2D eigenvalue weighted by atomic mass is 16.5. The fourth-order valence-electron chi connectivity index (χ4n) is 1.43. The fourth-order valence-corrected chi connectivity index (χ4v) is 1.43. The average Bonchev–Trinajstić information content (AvgIpc) is 2.38. The van der Waals surface area contributed by atoms with Gasteiger partial charge in [0, 0.05) is 5.69 Å². The van der Waals surface area contributed by atoms with Gasteiger partial charge in [-0.3, -0.25) is 5.84 Å². The van der Waals surface area contributed by atoms with E-state index in [0.717, 1.165) is 17.0 Å². The number of para-hydroxylation sites is 1. The maximum absolute atomic E-state index is 5.62. The summed E-state index contributed by atoms with van der Waals surface area (Å²) in [6.07, 6.45) is 0. The molecule has 0 fully saturated rings. The third-order valence-corrected chi connectivity index (χ3v) is 2.24. The molecule has 0 heterocycles. The van der Waals surface area contributed by atoms with E-state index in [1.165, 1.54) is 0 Å². The van der Waals surface area contributed by atoms with Gasteiger partial charge in [-0.05, 0) is 29.8 Å². The highest BCUT2D eigenvalue weighted by molar-refractivity contribution is 5.44. The average molecular weight is 214 g/mol. The van der Waals surface area contributed by atoms with Gasteiger partial charge in [-0.1, -0.05) is 30.3 Å². The minimum Gasteiger partial charge on any atom is -0.489 e. The number of hydrazine groups is 1. The van der Waals surface area contributed by atoms with Gasteiger partial charge in [0.25, 0.3) is 0 Å². The second kappa shape index (κ2) is 5.19. The zero-order chi connectivity index (χ0) is 11.2. The number of ether oxygens (including phenoxy) is 1. The topological polar surface area (TPSA) is 47.3 Å². The smallest absolute Gasteiger partial charge is 0.119 e. The summed E-state index contributed by atoms with van der Waals surface area (Å²) in [5, 5.41) is 0. The molecule has 0 bridgehead atoms. The van der Waals surface area contributed by atoms with Gasteiger partial charge >= 0.3 is 0 Å². The lowest BCUT2D eigenvalue weighted by Gasteiger charge is -2.07. The maximum atomic E-state index is 5.62. The number of nitrogen functional groups attached to an aromatic ring is 1. The molecule has 0 amide bonds. The van der Waals surface area contributed by atoms with Crippen LogP contribution in [0.5, 0.6) is 5.75 Å². The Kier molecular flexibility index (Phi) is 3.41. The van der Waals surface area contributed by atoms with Crippen molar-refractivity contribution in [3.05, 3.63) is 60.2 Å². The van der Waals surface area contributed by atoms with Gasteiger partial charge in [0.2, 0.25) is 0 Å². The lowest BCUT2D eigenvalue weighted by molar-refractivity contribution is 0.306. The second-order valence-electron chi connectivity index (χ2n) is 3.45. The van der Waals surface area contributed by atoms with E-state index >= 15 is 0 Å². The van der Waals surface area contributed by atoms with Crippen molar-refractivity contribution in [2.75, 3.05) is 5.43 Å². The normalized spacial score (nSPS) is 9.81. The Morgan fingerprint density at radius 1 is 1.00 bits per heavy atom. The van der Waals surface area contributed by atoms with E-state index in [-0.39, 0.29) is 0 Å². The van der Waals surface area contributed by atoms with Gasteiger partial charge in [-0.2, -0.15) is 0 Å². The molecule has 2 aromatic rings. The summed E-state index contributed by atoms with van der Waals surface area (Å²) in [7, 11) is 0. The van der Waals surface area contributed by atoms with Crippen LogP contribution in [0.4, 0.5) is 5.69 Å². The van der Waals surface area contributed by atoms with Crippen LogP contribution in [0.1, 0.15) is 5.56 Å². The first-order valence-electron chi connectivity index (χ1n) is 5.12. The minimum absolute atomic E-state index is 0.541. The summed E-state index contributed by atoms with van der Waals surface area (Å²) in [5.74, 6) is 6.20. The molecule has 82 valence electrons. The molecule has 0 aliphatic heterocycles. The molecule has 16 heavy (non-hydrogen) atoms. The lowest BCUT2D eigenvalue weighted by atomic mass is 10.2. The summed E-state index contributed by atoms with van der Waals surface area (Å²) >= 11 is 0. The van der Waals surface area contributed by atoms with Crippen LogP contribution in [0, 0.1) is 0 Å². The van der Waals surface area contributed by atoms with Gasteiger partial charge in [-0.25, -0.2) is 0 Å². The van der Waals surface area contributed by atoms with Crippen molar-refractivity contribution >= 4 is 5.69 Å². The molecule has 0 aliphatic carbocycles. The first kappa shape index (κ1) is 10.5. The zero-order valence-electron chi connectivity index (χ0n) is 8.89. The Bertz CT molecular complexity index is 443. The molecule has 3 N–H and O–H groups in total. The molecule has 3 nitrogen and oxygen atoms in total. The van der Waals surface area contributed by atoms with E-state index in [2.05, 4.69) is 5.43 Å². The predicted molar refractivity (Wildman–Crippen MR) is 65.0 cm³/mol. The fraction of sp³-hybridized carbons (Fsp3) is 0.0769. The van der Waals surface area contributed by atoms with Crippen molar-refractivity contribution in [2.45, 2.75) is 6.61 Å². The van der Waals surface area contributed by atoms with Crippen molar-refractivity contribution in [3.8, 4) is 5.75 Å². The van der Waals surface area contributed by atoms with Crippen LogP contribution >= 0.6 is 0 Å². The Balaban J connectivity index is 1.99. The monoisotopic (exact) mass is 214 g/mol. The molecule has 0 saturated heterocycles. The number of nitrogens with one attached hydrogen (secondary N) is 1. The third kappa shape index (κ3) is 2.74. The standard InChI is InChI=1S/C13H14N2O/c14-15-12-6-4-5-11(9-12)10-16-13-7-2-1-3-8-13/h1-9,15H,10,14H2. The van der Waals surface area contributed by atoms with Crippen molar-refractivity contribution in [2.24, 2.45) is 5.84 Å². The van der Waals surface area contributed by atoms with Crippen LogP contribution in [0.15, 0.2) is 54.6 Å². The highest BCUT2D eigenvalue weighted by Gasteiger charge is 1.96. The van der Waals surface area contributed by atoms with Crippen LogP contribution in [-0.2, 0) is 6.61 Å². The lowest BCUT2D eigenvalue weighted by Crippen LogP contribution is -2.07. The first-order valence-corrected chi connectivity index (χ1v) is 5.12. The molecule has 0 radical (unpaired) electrons. The second-order valence-corrected chi connectivity index (χ2v) is 3.45. The molecule has 2 aromatic carbocycles. The van der Waals surface area contributed by atoms with Crippen LogP contribution in [0.3, 0.4) is 0 Å². The zero-order valence-corrected chi connectivity index (χ0v) is 8.89. The van der Waals surface area contributed by atoms with Gasteiger partial charge in [0.1, 0.15) is 12.4 Å². The Labute approximate surface area is 94.8 Å². The van der Waals surface area contributed by atoms with Crippen molar-refractivity contribution in [1.29, 1.82) is 0 Å². The van der Waals surface area contributed by atoms with Crippen LogP contribution in [0.2, 0.25) is 0 Å². The van der Waals surface area contributed by atoms with E-state index in [1.54, 1.807) is 0 Å². The van der Waals surface area contributed by atoms with Gasteiger partial charge in [0.15, 0.2) is 0 Å². The molecule has 0 atom stereocenters. The van der Waals surface area contributed by atoms with Gasteiger partial charge < -0.3 is 10.2 Å². The summed E-state index contributed by atoms with van der Waals surface area (Å²) in [6.45, 7) is 0.541. The molecule has 2 rings (SSSR count). The summed E-state index contributed by atoms with van der Waals surface area (Å²) in [6, 6.07) is 17.6. The van der Waals surface area contributed by atoms with Crippen LogP contribution in [-0.4, -0.2) is 0 Å². The molecule has 0 saturated carbocycles. The third-order valence-electron chi connectivity index (χ3n) is 2.24. The van der Waals surface area contributed by atoms with E-state index in [1.807, 2.05) is 54.6 Å². The summed E-state index contributed by atoms with van der Waals surface area (Å²) in [4.78, 5) is 0. The Morgan fingerprint density at radius 2 is 1.81 bits per heavy atom. The quantitative estimate of drug-likeness (QED) is 0.607. The first-order chi connectivity index (χ1) is 7.88. The molecule has 0 unspecified atom stereocenters. The minimum atomic E-state index is 0.541. The largest absolute Gasteiger partial charge is 0.489 e. The predicted octanol–water partition coefficient (Wildman–Crippen LogP) is 2.55. The van der Waals surface area contributed by atoms with Gasteiger partial charge in [-0.15, -0.1) is 0 Å². The number of anilines is 1. The van der Waals surface area contributed by atoms with Crippen LogP contribution < -0.4 is 16.0 Å². The van der Waals surface area contributed by atoms with Crippen molar-refractivity contribution < 1.29 is 4.74 Å². The SMILES string of the molecule is NNc1cccc(COc2ccccc2)c1. The van der Waals surface area contributed by atoms with E-state index in [4.69, 9.17) is 10.6 Å². The van der Waals surface area contributed by atoms with E-state index in [9.17, 15) is 0 Å². The van der Waals surface area contributed by atoms with Crippen LogP contribution in [0.25, 0.3) is 0 Å². The molecule has 3 heteroatoms. The number of hydrogen-bond donors (Lipinski definition) is 2. The number of nitrogens with two attached hydrogens (primary N) is 1. The molecule has 0 aliphatic rings. The summed E-state index contributed by atoms with van der Waals surface area (Å²) < 4.78 is 5.62. The summed E-state index contributed by atoms with van der Waals surface area (Å²) in [5.41, 5.74) is 4.58. The molecule has 0 aromatic heterocycles. The molecule has 0 spiro atoms. The number of hydrogen-bond acceptors (Lipinski definition) is 3. The Hall–Kier alpha value is -2.00. The van der Waals surface area contributed by atoms with Gasteiger partial charge in [0.05, 0.1) is 0 Å².